The van der Waals surface area contributed by atoms with Crippen LogP contribution in [0.15, 0.2) is 0 Å². The summed E-state index contributed by atoms with van der Waals surface area (Å²) in [4.78, 5) is 4.53. The van der Waals surface area contributed by atoms with Gasteiger partial charge in [0.25, 0.3) is 0 Å². The molecule has 0 amide bonds. The van der Waals surface area contributed by atoms with E-state index in [-0.39, 0.29) is 0 Å². The lowest BCUT2D eigenvalue weighted by Crippen LogP contribution is -2.29. The Kier molecular flexibility index (Phi) is 3.58. The van der Waals surface area contributed by atoms with Crippen LogP contribution < -0.4 is 4.90 Å². The van der Waals surface area contributed by atoms with Crippen molar-refractivity contribution in [2.45, 2.75) is 13.3 Å². The molecule has 0 saturated carbocycles. The quantitative estimate of drug-likeness (QED) is 0.799. The summed E-state index contributed by atoms with van der Waals surface area (Å²) in [7, 11) is 6.12. The predicted molar refractivity (Wildman–Crippen MR) is 71.5 cm³/mol. The van der Waals surface area contributed by atoms with Crippen molar-refractivity contribution < 1.29 is 0 Å². The minimum atomic E-state index is 0.682. The molecule has 18 heavy (non-hydrogen) atoms. The van der Waals surface area contributed by atoms with E-state index in [1.165, 1.54) is 13.0 Å². The zero-order valence-corrected chi connectivity index (χ0v) is 11.6. The van der Waals surface area contributed by atoms with Crippen LogP contribution in [0.5, 0.6) is 0 Å². The highest BCUT2D eigenvalue weighted by Gasteiger charge is 2.23. The first-order valence-electron chi connectivity index (χ1n) is 6.36. The van der Waals surface area contributed by atoms with E-state index in [9.17, 15) is 5.26 Å². The number of nitriles is 1. The van der Waals surface area contributed by atoms with Gasteiger partial charge in [0.1, 0.15) is 17.5 Å². The molecule has 1 aliphatic heterocycles. The molecule has 0 spiro atoms. The molecule has 0 N–H and O–H groups in total. The van der Waals surface area contributed by atoms with Gasteiger partial charge in [-0.3, -0.25) is 4.68 Å². The van der Waals surface area contributed by atoms with Crippen molar-refractivity contribution in [2.24, 2.45) is 13.0 Å². The zero-order chi connectivity index (χ0) is 13.3. The van der Waals surface area contributed by atoms with Crippen LogP contribution >= 0.6 is 0 Å². The second-order valence-corrected chi connectivity index (χ2v) is 5.32. The SMILES string of the molecule is Cc1nn(C)c(N(C)CC2CCN(C)C2)c1C#N. The van der Waals surface area contributed by atoms with Crippen LogP contribution in [0.2, 0.25) is 0 Å². The molecule has 98 valence electrons. The summed E-state index contributed by atoms with van der Waals surface area (Å²) in [5, 5.41) is 13.6. The van der Waals surface area contributed by atoms with Gasteiger partial charge in [0.2, 0.25) is 0 Å². The second kappa shape index (κ2) is 4.99. The van der Waals surface area contributed by atoms with Crippen molar-refractivity contribution in [3.63, 3.8) is 0 Å². The first-order valence-corrected chi connectivity index (χ1v) is 6.36. The van der Waals surface area contributed by atoms with Gasteiger partial charge in [0.15, 0.2) is 0 Å². The Hall–Kier alpha value is -1.54. The van der Waals surface area contributed by atoms with Crippen molar-refractivity contribution in [3.05, 3.63) is 11.3 Å². The first kappa shape index (κ1) is 12.9. The minimum absolute atomic E-state index is 0.682. The van der Waals surface area contributed by atoms with Crippen LogP contribution in [0.1, 0.15) is 17.7 Å². The maximum atomic E-state index is 9.23. The van der Waals surface area contributed by atoms with Crippen LogP contribution in [-0.4, -0.2) is 48.4 Å². The molecule has 5 heteroatoms. The monoisotopic (exact) mass is 247 g/mol. The Morgan fingerprint density at radius 1 is 1.50 bits per heavy atom. The molecular weight excluding hydrogens is 226 g/mol. The molecule has 2 heterocycles. The molecule has 0 radical (unpaired) electrons. The van der Waals surface area contributed by atoms with Crippen molar-refractivity contribution in [1.29, 1.82) is 5.26 Å². The topological polar surface area (TPSA) is 48.1 Å². The fourth-order valence-electron chi connectivity index (χ4n) is 2.86. The summed E-state index contributed by atoms with van der Waals surface area (Å²) in [5.41, 5.74) is 1.51. The van der Waals surface area contributed by atoms with Gasteiger partial charge in [0, 0.05) is 27.2 Å². The molecule has 0 aromatic carbocycles. The molecule has 1 aromatic heterocycles. The van der Waals surface area contributed by atoms with E-state index in [2.05, 4.69) is 35.1 Å². The van der Waals surface area contributed by atoms with E-state index < -0.39 is 0 Å². The number of hydrogen-bond donors (Lipinski definition) is 0. The molecule has 1 unspecified atom stereocenters. The van der Waals surface area contributed by atoms with Crippen molar-refractivity contribution >= 4 is 5.82 Å². The first-order chi connectivity index (χ1) is 8.52. The molecular formula is C13H21N5. The van der Waals surface area contributed by atoms with E-state index in [0.717, 1.165) is 24.6 Å². The Morgan fingerprint density at radius 3 is 2.78 bits per heavy atom. The third-order valence-corrected chi connectivity index (χ3v) is 3.69. The number of hydrogen-bond acceptors (Lipinski definition) is 4. The zero-order valence-electron chi connectivity index (χ0n) is 11.6. The Morgan fingerprint density at radius 2 is 2.22 bits per heavy atom. The smallest absolute Gasteiger partial charge is 0.144 e. The van der Waals surface area contributed by atoms with Gasteiger partial charge in [-0.05, 0) is 32.9 Å². The van der Waals surface area contributed by atoms with Gasteiger partial charge >= 0.3 is 0 Å². The number of rotatable bonds is 3. The summed E-state index contributed by atoms with van der Waals surface area (Å²) in [5.74, 6) is 1.62. The van der Waals surface area contributed by atoms with E-state index in [1.807, 2.05) is 18.7 Å². The average molecular weight is 247 g/mol. The van der Waals surface area contributed by atoms with Gasteiger partial charge in [0.05, 0.1) is 5.69 Å². The van der Waals surface area contributed by atoms with Gasteiger partial charge in [-0.1, -0.05) is 0 Å². The molecule has 5 nitrogen and oxygen atoms in total. The number of nitrogens with zero attached hydrogens (tertiary/aromatic N) is 5. The van der Waals surface area contributed by atoms with Crippen LogP contribution in [0.4, 0.5) is 5.82 Å². The third-order valence-electron chi connectivity index (χ3n) is 3.69. The summed E-state index contributed by atoms with van der Waals surface area (Å²) < 4.78 is 1.81. The number of aromatic nitrogens is 2. The van der Waals surface area contributed by atoms with Crippen LogP contribution in [-0.2, 0) is 7.05 Å². The van der Waals surface area contributed by atoms with Crippen molar-refractivity contribution in [2.75, 3.05) is 38.6 Å². The molecule has 1 atom stereocenters. The van der Waals surface area contributed by atoms with Gasteiger partial charge < -0.3 is 9.80 Å². The van der Waals surface area contributed by atoms with E-state index in [0.29, 0.717) is 11.5 Å². The maximum absolute atomic E-state index is 9.23. The van der Waals surface area contributed by atoms with E-state index in [4.69, 9.17) is 0 Å². The van der Waals surface area contributed by atoms with Crippen molar-refractivity contribution in [1.82, 2.24) is 14.7 Å². The fourth-order valence-corrected chi connectivity index (χ4v) is 2.86. The van der Waals surface area contributed by atoms with Gasteiger partial charge in [-0.2, -0.15) is 10.4 Å². The van der Waals surface area contributed by atoms with E-state index in [1.54, 1.807) is 0 Å². The largest absolute Gasteiger partial charge is 0.358 e. The second-order valence-electron chi connectivity index (χ2n) is 5.32. The third kappa shape index (κ3) is 2.34. The Labute approximate surface area is 109 Å². The fraction of sp³-hybridized carbons (Fsp3) is 0.692. The van der Waals surface area contributed by atoms with Crippen molar-refractivity contribution in [3.8, 4) is 6.07 Å². The highest BCUT2D eigenvalue weighted by molar-refractivity contribution is 5.56. The molecule has 2 rings (SSSR count). The summed E-state index contributed by atoms with van der Waals surface area (Å²) in [6, 6.07) is 2.26. The standard InChI is InChI=1S/C13H21N5/c1-10-12(7-14)13(18(4)15-10)17(3)9-11-5-6-16(2)8-11/h11H,5-6,8-9H2,1-4H3. The van der Waals surface area contributed by atoms with Gasteiger partial charge in [-0.25, -0.2) is 0 Å². The molecule has 1 aliphatic rings. The number of aryl methyl sites for hydroxylation is 2. The maximum Gasteiger partial charge on any atom is 0.144 e. The molecule has 1 aromatic rings. The lowest BCUT2D eigenvalue weighted by atomic mass is 10.1. The Bertz CT molecular complexity index is 470. The van der Waals surface area contributed by atoms with Crippen LogP contribution in [0.3, 0.4) is 0 Å². The normalized spacial score (nSPS) is 20.1. The predicted octanol–water partition coefficient (Wildman–Crippen LogP) is 0.988. The highest BCUT2D eigenvalue weighted by atomic mass is 15.4. The molecule has 1 saturated heterocycles. The molecule has 0 aliphatic carbocycles. The minimum Gasteiger partial charge on any atom is -0.358 e. The number of likely N-dealkylation sites (tertiary alicyclic amines) is 1. The molecule has 1 fully saturated rings. The van der Waals surface area contributed by atoms with Crippen LogP contribution in [0.25, 0.3) is 0 Å². The van der Waals surface area contributed by atoms with Gasteiger partial charge in [-0.15, -0.1) is 0 Å². The lowest BCUT2D eigenvalue weighted by molar-refractivity contribution is 0.395. The average Bonchev–Trinajstić information content (AvgIpc) is 2.82. The van der Waals surface area contributed by atoms with E-state index >= 15 is 0 Å². The number of anilines is 1. The van der Waals surface area contributed by atoms with Crippen LogP contribution in [0, 0.1) is 24.2 Å². The summed E-state index contributed by atoms with van der Waals surface area (Å²) in [6.07, 6.45) is 1.24. The lowest BCUT2D eigenvalue weighted by Gasteiger charge is -2.23. The summed E-state index contributed by atoms with van der Waals surface area (Å²) >= 11 is 0. The summed E-state index contributed by atoms with van der Waals surface area (Å²) in [6.45, 7) is 5.19. The molecule has 0 bridgehead atoms. The Balaban J connectivity index is 2.14. The highest BCUT2D eigenvalue weighted by Crippen LogP contribution is 2.24.